The van der Waals surface area contributed by atoms with Crippen LogP contribution in [0.1, 0.15) is 36.6 Å². The average molecular weight is 429 g/mol. The SMILES string of the molecule is CCCc1nnc(SCC(=O)NC(c2ccccc2)c2nccn2C)n1CC(=O)O. The standard InChI is InChI=1S/C20H24N6O3S/c1-3-7-15-23-24-20(26(15)12-17(28)29)30-13-16(27)22-18(14-8-5-4-6-9-14)19-21-10-11-25(19)2/h4-6,8-11,18H,3,7,12-13H2,1-2H3,(H,22,27)(H,28,29). The van der Waals surface area contributed by atoms with E-state index in [1.54, 1.807) is 10.8 Å². The lowest BCUT2D eigenvalue weighted by atomic mass is 10.1. The number of nitrogens with zero attached hydrogens (tertiary/aromatic N) is 5. The van der Waals surface area contributed by atoms with Crippen molar-refractivity contribution in [3.63, 3.8) is 0 Å². The Morgan fingerprint density at radius 3 is 2.63 bits per heavy atom. The second-order valence-electron chi connectivity index (χ2n) is 6.72. The summed E-state index contributed by atoms with van der Waals surface area (Å²) in [5.74, 6) is 0.227. The molecule has 1 unspecified atom stereocenters. The molecule has 10 heteroatoms. The fourth-order valence-corrected chi connectivity index (χ4v) is 3.83. The summed E-state index contributed by atoms with van der Waals surface area (Å²) in [6.45, 7) is 1.76. The third-order valence-electron chi connectivity index (χ3n) is 4.45. The molecule has 0 aliphatic carbocycles. The number of nitrogens with one attached hydrogen (secondary N) is 1. The van der Waals surface area contributed by atoms with E-state index in [0.717, 1.165) is 17.8 Å². The van der Waals surface area contributed by atoms with E-state index < -0.39 is 12.0 Å². The maximum atomic E-state index is 12.7. The van der Waals surface area contributed by atoms with Crippen molar-refractivity contribution in [2.75, 3.05) is 5.75 Å². The molecule has 0 saturated carbocycles. The Bertz CT molecular complexity index is 1000. The first-order valence-electron chi connectivity index (χ1n) is 9.57. The molecule has 1 atom stereocenters. The number of aliphatic carboxylic acids is 1. The Morgan fingerprint density at radius 1 is 1.23 bits per heavy atom. The van der Waals surface area contributed by atoms with Crippen molar-refractivity contribution < 1.29 is 14.7 Å². The van der Waals surface area contributed by atoms with Gasteiger partial charge in [0, 0.05) is 25.9 Å². The quantitative estimate of drug-likeness (QED) is 0.475. The first-order chi connectivity index (χ1) is 14.5. The Labute approximate surface area is 178 Å². The van der Waals surface area contributed by atoms with Gasteiger partial charge in [0.25, 0.3) is 0 Å². The van der Waals surface area contributed by atoms with E-state index in [2.05, 4.69) is 20.5 Å². The molecule has 3 aromatic rings. The summed E-state index contributed by atoms with van der Waals surface area (Å²) in [4.78, 5) is 28.3. The second kappa shape index (κ2) is 10.1. The molecule has 0 fully saturated rings. The van der Waals surface area contributed by atoms with Gasteiger partial charge in [0.15, 0.2) is 5.16 Å². The maximum absolute atomic E-state index is 12.7. The molecule has 1 aromatic carbocycles. The number of carbonyl (C=O) groups is 2. The highest BCUT2D eigenvalue weighted by Crippen LogP contribution is 2.22. The second-order valence-corrected chi connectivity index (χ2v) is 7.67. The minimum atomic E-state index is -0.975. The van der Waals surface area contributed by atoms with E-state index in [9.17, 15) is 14.7 Å². The van der Waals surface area contributed by atoms with Gasteiger partial charge in [-0.25, -0.2) is 4.98 Å². The van der Waals surface area contributed by atoms with Gasteiger partial charge in [-0.05, 0) is 12.0 Å². The number of hydrogen-bond donors (Lipinski definition) is 2. The molecule has 2 aromatic heterocycles. The van der Waals surface area contributed by atoms with E-state index in [1.807, 2.05) is 55.1 Å². The van der Waals surface area contributed by atoms with Crippen molar-refractivity contribution >= 4 is 23.6 Å². The van der Waals surface area contributed by atoms with Gasteiger partial charge in [0.05, 0.1) is 5.75 Å². The Balaban J connectivity index is 1.73. The van der Waals surface area contributed by atoms with Crippen molar-refractivity contribution in [1.82, 2.24) is 29.6 Å². The number of hydrogen-bond acceptors (Lipinski definition) is 6. The van der Waals surface area contributed by atoms with Gasteiger partial charge in [-0.3, -0.25) is 14.2 Å². The van der Waals surface area contributed by atoms with Gasteiger partial charge in [0.1, 0.15) is 24.2 Å². The Hall–Kier alpha value is -3.14. The predicted octanol–water partition coefficient (Wildman–Crippen LogP) is 2.05. The molecule has 1 amide bonds. The van der Waals surface area contributed by atoms with Crippen LogP contribution in [0.5, 0.6) is 0 Å². The van der Waals surface area contributed by atoms with Crippen LogP contribution in [-0.4, -0.2) is 47.1 Å². The molecule has 30 heavy (non-hydrogen) atoms. The minimum absolute atomic E-state index is 0.0810. The lowest BCUT2D eigenvalue weighted by molar-refractivity contribution is -0.137. The minimum Gasteiger partial charge on any atom is -0.480 e. The van der Waals surface area contributed by atoms with Gasteiger partial charge in [-0.2, -0.15) is 0 Å². The molecule has 158 valence electrons. The molecular weight excluding hydrogens is 404 g/mol. The summed E-state index contributed by atoms with van der Waals surface area (Å²) < 4.78 is 3.42. The fraction of sp³-hybridized carbons (Fsp3) is 0.350. The summed E-state index contributed by atoms with van der Waals surface area (Å²) in [6.07, 6.45) is 4.97. The van der Waals surface area contributed by atoms with Crippen LogP contribution in [0.4, 0.5) is 0 Å². The van der Waals surface area contributed by atoms with Crippen LogP contribution in [0.2, 0.25) is 0 Å². The van der Waals surface area contributed by atoms with Gasteiger partial charge < -0.3 is 15.0 Å². The number of rotatable bonds is 10. The summed E-state index contributed by atoms with van der Waals surface area (Å²) in [7, 11) is 1.88. The van der Waals surface area contributed by atoms with Crippen LogP contribution in [0, 0.1) is 0 Å². The number of benzene rings is 1. The third-order valence-corrected chi connectivity index (χ3v) is 5.41. The molecule has 0 aliphatic rings. The highest BCUT2D eigenvalue weighted by Gasteiger charge is 2.22. The number of aromatic nitrogens is 5. The van der Waals surface area contributed by atoms with Crippen LogP contribution in [0.25, 0.3) is 0 Å². The zero-order valence-electron chi connectivity index (χ0n) is 16.9. The molecule has 0 spiro atoms. The Morgan fingerprint density at radius 2 is 2.00 bits per heavy atom. The third kappa shape index (κ3) is 5.26. The lowest BCUT2D eigenvalue weighted by Crippen LogP contribution is -2.32. The lowest BCUT2D eigenvalue weighted by Gasteiger charge is -2.19. The van der Waals surface area contributed by atoms with Crippen LogP contribution in [0.15, 0.2) is 47.9 Å². The first kappa shape index (κ1) is 21.6. The van der Waals surface area contributed by atoms with Crippen molar-refractivity contribution in [3.8, 4) is 0 Å². The van der Waals surface area contributed by atoms with Crippen molar-refractivity contribution in [2.45, 2.75) is 37.5 Å². The average Bonchev–Trinajstić information content (AvgIpc) is 3.31. The number of aryl methyl sites for hydroxylation is 2. The van der Waals surface area contributed by atoms with E-state index >= 15 is 0 Å². The largest absolute Gasteiger partial charge is 0.480 e. The van der Waals surface area contributed by atoms with Gasteiger partial charge in [-0.15, -0.1) is 10.2 Å². The van der Waals surface area contributed by atoms with Crippen LogP contribution in [0.3, 0.4) is 0 Å². The molecule has 9 nitrogen and oxygen atoms in total. The van der Waals surface area contributed by atoms with E-state index in [0.29, 0.717) is 17.4 Å². The van der Waals surface area contributed by atoms with Crippen LogP contribution in [-0.2, 0) is 29.6 Å². The highest BCUT2D eigenvalue weighted by molar-refractivity contribution is 7.99. The smallest absolute Gasteiger partial charge is 0.323 e. The summed E-state index contributed by atoms with van der Waals surface area (Å²) in [5, 5.41) is 20.8. The highest BCUT2D eigenvalue weighted by atomic mass is 32.2. The van der Waals surface area contributed by atoms with Crippen LogP contribution >= 0.6 is 11.8 Å². The number of amides is 1. The molecule has 0 radical (unpaired) electrons. The van der Waals surface area contributed by atoms with E-state index in [1.165, 1.54) is 11.8 Å². The van der Waals surface area contributed by atoms with Crippen molar-refractivity contribution in [1.29, 1.82) is 0 Å². The number of thioether (sulfide) groups is 1. The summed E-state index contributed by atoms with van der Waals surface area (Å²) in [5.41, 5.74) is 0.921. The molecule has 3 rings (SSSR count). The summed E-state index contributed by atoms with van der Waals surface area (Å²) in [6, 6.07) is 9.22. The zero-order valence-corrected chi connectivity index (χ0v) is 17.7. The van der Waals surface area contributed by atoms with Gasteiger partial charge in [-0.1, -0.05) is 49.0 Å². The van der Waals surface area contributed by atoms with E-state index in [-0.39, 0.29) is 18.2 Å². The first-order valence-corrected chi connectivity index (χ1v) is 10.6. The number of carbonyl (C=O) groups excluding carboxylic acids is 1. The molecule has 0 aliphatic heterocycles. The molecule has 0 saturated heterocycles. The zero-order chi connectivity index (χ0) is 21.5. The number of carboxylic acids is 1. The van der Waals surface area contributed by atoms with Crippen LogP contribution < -0.4 is 5.32 Å². The Kier molecular flexibility index (Phi) is 7.23. The maximum Gasteiger partial charge on any atom is 0.323 e. The fourth-order valence-electron chi connectivity index (χ4n) is 3.06. The molecular formula is C20H24N6O3S. The van der Waals surface area contributed by atoms with Gasteiger partial charge in [0.2, 0.25) is 5.91 Å². The van der Waals surface area contributed by atoms with Crippen molar-refractivity contribution in [3.05, 3.63) is 59.9 Å². The molecule has 2 N–H and O–H groups in total. The van der Waals surface area contributed by atoms with Gasteiger partial charge >= 0.3 is 5.97 Å². The predicted molar refractivity (Wildman–Crippen MR) is 112 cm³/mol. The monoisotopic (exact) mass is 428 g/mol. The number of imidazole rings is 1. The van der Waals surface area contributed by atoms with Crippen molar-refractivity contribution in [2.24, 2.45) is 7.05 Å². The summed E-state index contributed by atoms with van der Waals surface area (Å²) >= 11 is 1.17. The number of carboxylic acid groups (broad SMARTS) is 1. The normalized spacial score (nSPS) is 11.9. The molecule has 2 heterocycles. The topological polar surface area (TPSA) is 115 Å². The molecule has 0 bridgehead atoms. The van der Waals surface area contributed by atoms with E-state index in [4.69, 9.17) is 0 Å².